The van der Waals surface area contributed by atoms with Gasteiger partial charge in [-0.2, -0.15) is 27.1 Å². The van der Waals surface area contributed by atoms with Gasteiger partial charge in [0.15, 0.2) is 19.7 Å². The fraction of sp³-hybridized carbons (Fsp3) is 0.0370. The van der Waals surface area contributed by atoms with Crippen LogP contribution in [0.5, 0.6) is 0 Å². The maximum atomic E-state index is 12.3. The van der Waals surface area contributed by atoms with Crippen molar-refractivity contribution < 1.29 is 42.8 Å². The predicted octanol–water partition coefficient (Wildman–Crippen LogP) is 5.89. The first-order valence-electron chi connectivity index (χ1n) is 12.4. The Balaban J connectivity index is 1.93. The van der Waals surface area contributed by atoms with Gasteiger partial charge in [-0.15, -0.1) is 10.2 Å². The zero-order chi connectivity index (χ0) is 34.2. The molecular weight excluding hydrogens is 683 g/mol. The Labute approximate surface area is 263 Å². The van der Waals surface area contributed by atoms with Crippen LogP contribution in [-0.4, -0.2) is 42.8 Å². The molecule has 0 atom stereocenters. The van der Waals surface area contributed by atoms with E-state index < -0.39 is 61.1 Å². The lowest BCUT2D eigenvalue weighted by Gasteiger charge is -2.15. The lowest BCUT2D eigenvalue weighted by Crippen LogP contribution is -2.04. The number of fused-ring (bicyclic) bond motifs is 1. The molecule has 4 aromatic carbocycles. The summed E-state index contributed by atoms with van der Waals surface area (Å²) in [6.45, 7) is 7.84. The van der Waals surface area contributed by atoms with E-state index in [0.29, 0.717) is 0 Å². The topological polar surface area (TPSA) is 252 Å². The summed E-state index contributed by atoms with van der Waals surface area (Å²) in [6.07, 6.45) is 0. The van der Waals surface area contributed by atoms with E-state index in [1.54, 1.807) is 0 Å². The lowest BCUT2D eigenvalue weighted by atomic mass is 10.0. The largest absolute Gasteiger partial charge is 0.396 e. The molecule has 4 aromatic rings. The monoisotopic (exact) mass is 705 g/mol. The summed E-state index contributed by atoms with van der Waals surface area (Å²) in [5.74, 6) is 0. The smallest absolute Gasteiger partial charge is 0.296 e. The minimum atomic E-state index is -5.04. The maximum Gasteiger partial charge on any atom is 0.296 e. The Morgan fingerprint density at radius 1 is 0.630 bits per heavy atom. The Bertz CT molecular complexity index is 2250. The summed E-state index contributed by atoms with van der Waals surface area (Å²) in [5.41, 5.74) is 5.17. The molecule has 0 heterocycles. The number of anilines is 1. The van der Waals surface area contributed by atoms with E-state index in [1.807, 2.05) is 0 Å². The highest BCUT2D eigenvalue weighted by Crippen LogP contribution is 2.44. The van der Waals surface area contributed by atoms with Crippen LogP contribution in [0.3, 0.4) is 0 Å². The van der Waals surface area contributed by atoms with Gasteiger partial charge < -0.3 is 5.73 Å². The zero-order valence-electron chi connectivity index (χ0n) is 23.5. The molecule has 0 aliphatic heterocycles. The third kappa shape index (κ3) is 6.93. The molecule has 0 bridgehead atoms. The molecule has 240 valence electrons. The van der Waals surface area contributed by atoms with Gasteiger partial charge in [-0.1, -0.05) is 13.2 Å². The SMILES string of the molecule is C=CS(=O)(=O)c1ccc(N=Nc2c(S(=O)(=O)O)cc3cc(S(=O)(=O)O)c(N=Nc4ccc(S(=O)(=O)C=C)cc4)c(N)c3c2C)cc1. The maximum absolute atomic E-state index is 12.3. The number of hydrogen-bond donors (Lipinski definition) is 3. The van der Waals surface area contributed by atoms with E-state index in [1.165, 1.54) is 55.5 Å². The van der Waals surface area contributed by atoms with Gasteiger partial charge >= 0.3 is 0 Å². The van der Waals surface area contributed by atoms with Crippen LogP contribution < -0.4 is 5.73 Å². The number of sulfone groups is 2. The fourth-order valence-electron chi connectivity index (χ4n) is 4.17. The second-order valence-electron chi connectivity index (χ2n) is 9.34. The van der Waals surface area contributed by atoms with Gasteiger partial charge in [-0.25, -0.2) is 16.8 Å². The van der Waals surface area contributed by atoms with Crippen molar-refractivity contribution in [1.82, 2.24) is 0 Å². The summed E-state index contributed by atoms with van der Waals surface area (Å²) in [4.78, 5) is -1.80. The molecule has 0 unspecified atom stereocenters. The molecule has 0 saturated carbocycles. The Morgan fingerprint density at radius 3 is 1.37 bits per heavy atom. The number of nitrogens with zero attached hydrogens (tertiary/aromatic N) is 4. The van der Waals surface area contributed by atoms with Crippen LogP contribution in [0.2, 0.25) is 0 Å². The molecule has 19 heteroatoms. The molecule has 0 fully saturated rings. The van der Waals surface area contributed by atoms with Gasteiger partial charge in [-0.3, -0.25) is 9.11 Å². The van der Waals surface area contributed by atoms with Crippen molar-refractivity contribution in [3.05, 3.63) is 90.2 Å². The van der Waals surface area contributed by atoms with Crippen LogP contribution >= 0.6 is 0 Å². The van der Waals surface area contributed by atoms with Crippen molar-refractivity contribution in [2.45, 2.75) is 26.5 Å². The van der Waals surface area contributed by atoms with E-state index in [9.17, 15) is 42.8 Å². The van der Waals surface area contributed by atoms with Crippen LogP contribution in [0.15, 0.2) is 125 Å². The van der Waals surface area contributed by atoms with Crippen LogP contribution in [0.25, 0.3) is 10.8 Å². The predicted molar refractivity (Wildman–Crippen MR) is 169 cm³/mol. The minimum absolute atomic E-state index is 0.00504. The van der Waals surface area contributed by atoms with Crippen LogP contribution in [-0.2, 0) is 39.9 Å². The summed E-state index contributed by atoms with van der Waals surface area (Å²) in [7, 11) is -17.5. The standard InChI is InChI=1S/C27H23N5O10S4/c1-4-43(33,34)20-10-6-18(7-11-20)29-31-26-16(3)24-17(14-22(26)45(37,38)39)15-23(46(40,41)42)27(25(24)28)32-30-19-8-12-21(13-9-19)44(35,36)5-2/h4-15H,1-2,28H2,3H3,(H,37,38,39)(H,40,41,42). The van der Waals surface area contributed by atoms with Gasteiger partial charge in [0.2, 0.25) is 0 Å². The molecule has 4 rings (SSSR count). The van der Waals surface area contributed by atoms with E-state index in [4.69, 9.17) is 5.73 Å². The highest BCUT2D eigenvalue weighted by atomic mass is 32.2. The Kier molecular flexibility index (Phi) is 9.12. The zero-order valence-corrected chi connectivity index (χ0v) is 26.8. The number of hydrogen-bond acceptors (Lipinski definition) is 13. The average molecular weight is 706 g/mol. The second kappa shape index (κ2) is 12.3. The first-order chi connectivity index (χ1) is 21.3. The number of nitrogens with two attached hydrogens (primary N) is 1. The van der Waals surface area contributed by atoms with Gasteiger partial charge in [0, 0.05) is 16.2 Å². The van der Waals surface area contributed by atoms with Crippen molar-refractivity contribution in [3.8, 4) is 0 Å². The van der Waals surface area contributed by atoms with Crippen molar-refractivity contribution in [1.29, 1.82) is 0 Å². The average Bonchev–Trinajstić information content (AvgIpc) is 2.99. The van der Waals surface area contributed by atoms with Crippen LogP contribution in [0, 0.1) is 6.92 Å². The highest BCUT2D eigenvalue weighted by molar-refractivity contribution is 7.94. The fourth-order valence-corrected chi connectivity index (χ4v) is 6.97. The molecule has 4 N–H and O–H groups in total. The Morgan fingerprint density at radius 2 is 1.00 bits per heavy atom. The van der Waals surface area contributed by atoms with E-state index in [2.05, 4.69) is 33.6 Å². The van der Waals surface area contributed by atoms with Crippen molar-refractivity contribution in [3.63, 3.8) is 0 Å². The summed E-state index contributed by atoms with van der Waals surface area (Å²) in [5, 5.41) is 17.1. The number of rotatable bonds is 10. The van der Waals surface area contributed by atoms with Gasteiger partial charge in [-0.05, 0) is 78.5 Å². The molecule has 15 nitrogen and oxygen atoms in total. The van der Waals surface area contributed by atoms with E-state index >= 15 is 0 Å². The minimum Gasteiger partial charge on any atom is -0.396 e. The third-order valence-electron chi connectivity index (χ3n) is 6.44. The molecule has 0 aromatic heterocycles. The third-order valence-corrected chi connectivity index (χ3v) is 10.9. The van der Waals surface area contributed by atoms with E-state index in [0.717, 1.165) is 22.9 Å². The summed E-state index contributed by atoms with van der Waals surface area (Å²) in [6, 6.07) is 11.7. The molecule has 0 spiro atoms. The summed E-state index contributed by atoms with van der Waals surface area (Å²) >= 11 is 0. The first kappa shape index (κ1) is 34.2. The van der Waals surface area contributed by atoms with Crippen LogP contribution in [0.1, 0.15) is 5.56 Å². The highest BCUT2D eigenvalue weighted by Gasteiger charge is 2.26. The van der Waals surface area contributed by atoms with Crippen molar-refractivity contribution in [2.24, 2.45) is 20.5 Å². The van der Waals surface area contributed by atoms with Gasteiger partial charge in [0.05, 0.1) is 26.9 Å². The molecule has 46 heavy (non-hydrogen) atoms. The van der Waals surface area contributed by atoms with Gasteiger partial charge in [0.1, 0.15) is 21.2 Å². The first-order valence-corrected chi connectivity index (χ1v) is 18.4. The molecule has 0 saturated heterocycles. The summed E-state index contributed by atoms with van der Waals surface area (Å²) < 4.78 is 117. The molecule has 0 amide bonds. The van der Waals surface area contributed by atoms with Gasteiger partial charge in [0.25, 0.3) is 20.2 Å². The molecule has 0 radical (unpaired) electrons. The molecule has 0 aliphatic rings. The molecule has 0 aliphatic carbocycles. The van der Waals surface area contributed by atoms with E-state index in [-0.39, 0.29) is 43.2 Å². The number of aryl methyl sites for hydroxylation is 1. The normalized spacial score (nSPS) is 13.0. The lowest BCUT2D eigenvalue weighted by molar-refractivity contribution is 0.481. The Hall–Kier alpha value is -4.66. The number of azo groups is 2. The van der Waals surface area contributed by atoms with Crippen LogP contribution in [0.4, 0.5) is 28.4 Å². The quantitative estimate of drug-likeness (QED) is 0.0996. The second-order valence-corrected chi connectivity index (χ2v) is 15.9. The molecular formula is C27H23N5O10S4. The van der Waals surface area contributed by atoms with Crippen molar-refractivity contribution >= 4 is 79.1 Å². The number of benzene rings is 4. The number of nitrogen functional groups attached to an aromatic ring is 1. The van der Waals surface area contributed by atoms with Crippen molar-refractivity contribution in [2.75, 3.05) is 5.73 Å².